The van der Waals surface area contributed by atoms with E-state index in [1.165, 1.54) is 0 Å². The van der Waals surface area contributed by atoms with Gasteiger partial charge in [-0.1, -0.05) is 6.07 Å². The van der Waals surface area contributed by atoms with E-state index >= 15 is 0 Å². The Kier molecular flexibility index (Phi) is 3.84. The summed E-state index contributed by atoms with van der Waals surface area (Å²) in [5.41, 5.74) is 2.89. The molecule has 0 radical (unpaired) electrons. The molecule has 1 aliphatic rings. The lowest BCUT2D eigenvalue weighted by atomic mass is 9.99. The third-order valence-corrected chi connectivity index (χ3v) is 4.80. The third-order valence-electron chi connectivity index (χ3n) is 4.05. The van der Waals surface area contributed by atoms with Gasteiger partial charge in [-0.2, -0.15) is 0 Å². The predicted molar refractivity (Wildman–Crippen MR) is 100 cm³/mol. The van der Waals surface area contributed by atoms with Crippen LogP contribution < -0.4 is 14.8 Å². The van der Waals surface area contributed by atoms with Crippen LogP contribution >= 0.6 is 11.3 Å². The smallest absolute Gasteiger partial charge is 0.188 e. The maximum Gasteiger partial charge on any atom is 0.188 e. The molecule has 0 saturated carbocycles. The van der Waals surface area contributed by atoms with E-state index in [1.807, 2.05) is 29.6 Å². The number of nitrogens with one attached hydrogen (secondary N) is 1. The summed E-state index contributed by atoms with van der Waals surface area (Å²) in [7, 11) is 1.67. The number of methoxy groups -OCH3 is 1. The molecule has 0 fully saturated rings. The molecule has 3 heterocycles. The minimum Gasteiger partial charge on any atom is -0.493 e. The molecule has 3 aromatic rings. The van der Waals surface area contributed by atoms with E-state index in [4.69, 9.17) is 9.47 Å². The van der Waals surface area contributed by atoms with Gasteiger partial charge in [0.05, 0.1) is 12.8 Å². The molecule has 0 bridgehead atoms. The SMILES string of the molecule is COc1cc(-c2csc(Nc3ccccn3)n2)cc2c1OC(C)(C)C2. The van der Waals surface area contributed by atoms with Gasteiger partial charge in [-0.05, 0) is 38.1 Å². The number of aromatic nitrogens is 2. The van der Waals surface area contributed by atoms with Gasteiger partial charge in [-0.3, -0.25) is 0 Å². The minimum absolute atomic E-state index is 0.206. The van der Waals surface area contributed by atoms with Gasteiger partial charge in [-0.25, -0.2) is 9.97 Å². The average molecular weight is 353 g/mol. The first kappa shape index (κ1) is 15.9. The number of pyridine rings is 1. The Bertz CT molecular complexity index is 906. The summed E-state index contributed by atoms with van der Waals surface area (Å²) in [6.07, 6.45) is 2.61. The highest BCUT2D eigenvalue weighted by atomic mass is 32.1. The molecule has 0 unspecified atom stereocenters. The van der Waals surface area contributed by atoms with Crippen molar-refractivity contribution in [3.63, 3.8) is 0 Å². The van der Waals surface area contributed by atoms with E-state index in [0.29, 0.717) is 0 Å². The van der Waals surface area contributed by atoms with Gasteiger partial charge >= 0.3 is 0 Å². The zero-order valence-corrected chi connectivity index (χ0v) is 15.2. The Balaban J connectivity index is 1.65. The van der Waals surface area contributed by atoms with Crippen LogP contribution in [0.1, 0.15) is 19.4 Å². The van der Waals surface area contributed by atoms with E-state index in [9.17, 15) is 0 Å². The van der Waals surface area contributed by atoms with Gasteiger partial charge in [0, 0.05) is 29.1 Å². The van der Waals surface area contributed by atoms with Gasteiger partial charge in [0.25, 0.3) is 0 Å². The van der Waals surface area contributed by atoms with Crippen LogP contribution in [-0.4, -0.2) is 22.7 Å². The molecule has 2 aromatic heterocycles. The maximum atomic E-state index is 6.03. The van der Waals surface area contributed by atoms with Gasteiger partial charge in [0.15, 0.2) is 16.6 Å². The normalized spacial score (nSPS) is 14.7. The third kappa shape index (κ3) is 3.17. The quantitative estimate of drug-likeness (QED) is 0.738. The molecule has 0 amide bonds. The monoisotopic (exact) mass is 353 g/mol. The summed E-state index contributed by atoms with van der Waals surface area (Å²) in [6.45, 7) is 4.17. The number of fused-ring (bicyclic) bond motifs is 1. The first-order valence-electron chi connectivity index (χ1n) is 8.08. The number of rotatable bonds is 4. The fraction of sp³-hybridized carbons (Fsp3) is 0.263. The second-order valence-corrected chi connectivity index (χ2v) is 7.44. The van der Waals surface area contributed by atoms with Crippen molar-refractivity contribution in [2.75, 3.05) is 12.4 Å². The lowest BCUT2D eigenvalue weighted by Gasteiger charge is -2.17. The highest BCUT2D eigenvalue weighted by molar-refractivity contribution is 7.14. The molecule has 0 aliphatic carbocycles. The highest BCUT2D eigenvalue weighted by Gasteiger charge is 2.33. The summed E-state index contributed by atoms with van der Waals surface area (Å²) in [5.74, 6) is 2.38. The first-order valence-corrected chi connectivity index (χ1v) is 8.96. The second kappa shape index (κ2) is 6.04. The van der Waals surface area contributed by atoms with Crippen molar-refractivity contribution < 1.29 is 9.47 Å². The first-order chi connectivity index (χ1) is 12.0. The van der Waals surface area contributed by atoms with Crippen molar-refractivity contribution in [1.29, 1.82) is 0 Å². The van der Waals surface area contributed by atoms with Crippen LogP contribution in [0.25, 0.3) is 11.3 Å². The summed E-state index contributed by atoms with van der Waals surface area (Å²) >= 11 is 1.55. The molecule has 1 N–H and O–H groups in total. The number of hydrogen-bond donors (Lipinski definition) is 1. The van der Waals surface area contributed by atoms with Crippen LogP contribution in [0.4, 0.5) is 10.9 Å². The summed E-state index contributed by atoms with van der Waals surface area (Å²) in [4.78, 5) is 8.95. The van der Waals surface area contributed by atoms with Crippen LogP contribution in [0.5, 0.6) is 11.5 Å². The number of benzene rings is 1. The molecule has 0 saturated heterocycles. The van der Waals surface area contributed by atoms with Crippen molar-refractivity contribution in [1.82, 2.24) is 9.97 Å². The maximum absolute atomic E-state index is 6.03. The second-order valence-electron chi connectivity index (χ2n) is 6.58. The predicted octanol–water partition coefficient (Wildman–Crippen LogP) is 4.67. The number of ether oxygens (including phenoxy) is 2. The zero-order valence-electron chi connectivity index (χ0n) is 14.4. The summed E-state index contributed by atoms with van der Waals surface area (Å²) in [5, 5.41) is 6.07. The van der Waals surface area contributed by atoms with Gasteiger partial charge in [0.1, 0.15) is 11.4 Å². The van der Waals surface area contributed by atoms with E-state index in [0.717, 1.165) is 45.7 Å². The van der Waals surface area contributed by atoms with Crippen molar-refractivity contribution in [2.24, 2.45) is 0 Å². The Morgan fingerprint density at radius 3 is 2.92 bits per heavy atom. The van der Waals surface area contributed by atoms with Gasteiger partial charge in [-0.15, -0.1) is 11.3 Å². The van der Waals surface area contributed by atoms with E-state index in [-0.39, 0.29) is 5.60 Å². The van der Waals surface area contributed by atoms with Crippen molar-refractivity contribution in [3.05, 3.63) is 47.5 Å². The fourth-order valence-electron chi connectivity index (χ4n) is 2.99. The standard InChI is InChI=1S/C19H19N3O2S/c1-19(2)10-13-8-12(9-15(23-3)17(13)24-19)14-11-25-18(21-14)22-16-6-4-5-7-20-16/h4-9,11H,10H2,1-3H3,(H,20,21,22). The molecular formula is C19H19N3O2S. The summed E-state index contributed by atoms with van der Waals surface area (Å²) in [6, 6.07) is 9.88. The molecule has 1 aromatic carbocycles. The zero-order chi connectivity index (χ0) is 17.4. The molecule has 25 heavy (non-hydrogen) atoms. The van der Waals surface area contributed by atoms with Gasteiger partial charge in [0.2, 0.25) is 0 Å². The molecule has 5 nitrogen and oxygen atoms in total. The highest BCUT2D eigenvalue weighted by Crippen LogP contribution is 2.44. The van der Waals surface area contributed by atoms with E-state index < -0.39 is 0 Å². The lowest BCUT2D eigenvalue weighted by Crippen LogP contribution is -2.24. The summed E-state index contributed by atoms with van der Waals surface area (Å²) < 4.78 is 11.6. The molecule has 0 atom stereocenters. The Morgan fingerprint density at radius 1 is 1.28 bits per heavy atom. The Morgan fingerprint density at radius 2 is 2.16 bits per heavy atom. The number of nitrogens with zero attached hydrogens (tertiary/aromatic N) is 2. The van der Waals surface area contributed by atoms with Crippen LogP contribution in [0.15, 0.2) is 41.9 Å². The van der Waals surface area contributed by atoms with Crippen LogP contribution in [0.3, 0.4) is 0 Å². The topological polar surface area (TPSA) is 56.3 Å². The van der Waals surface area contributed by atoms with Crippen molar-refractivity contribution >= 4 is 22.3 Å². The molecular weight excluding hydrogens is 334 g/mol. The average Bonchev–Trinajstić information content (AvgIpc) is 3.17. The molecule has 0 spiro atoms. The van der Waals surface area contributed by atoms with Crippen molar-refractivity contribution in [3.8, 4) is 22.8 Å². The van der Waals surface area contributed by atoms with Gasteiger partial charge < -0.3 is 14.8 Å². The molecule has 4 rings (SSSR count). The van der Waals surface area contributed by atoms with Crippen LogP contribution in [0.2, 0.25) is 0 Å². The Hall–Kier alpha value is -2.60. The number of hydrogen-bond acceptors (Lipinski definition) is 6. The van der Waals surface area contributed by atoms with Crippen LogP contribution in [-0.2, 0) is 6.42 Å². The Labute approximate surface area is 150 Å². The van der Waals surface area contributed by atoms with E-state index in [1.54, 1.807) is 24.6 Å². The molecule has 6 heteroatoms. The van der Waals surface area contributed by atoms with Crippen LogP contribution in [0, 0.1) is 0 Å². The lowest BCUT2D eigenvalue weighted by molar-refractivity contribution is 0.134. The number of anilines is 2. The minimum atomic E-state index is -0.206. The fourth-order valence-corrected chi connectivity index (χ4v) is 3.71. The number of thiazole rings is 1. The van der Waals surface area contributed by atoms with E-state index in [2.05, 4.69) is 35.2 Å². The molecule has 1 aliphatic heterocycles. The van der Waals surface area contributed by atoms with Crippen molar-refractivity contribution in [2.45, 2.75) is 25.9 Å². The molecule has 128 valence electrons. The largest absolute Gasteiger partial charge is 0.493 e.